The second kappa shape index (κ2) is 8.57. The summed E-state index contributed by atoms with van der Waals surface area (Å²) >= 11 is 0. The minimum absolute atomic E-state index is 0. The van der Waals surface area contributed by atoms with Crippen molar-refractivity contribution >= 4 is 30.7 Å². The molecule has 1 aliphatic heterocycles. The maximum atomic E-state index is 12.7. The molecule has 0 aromatic carbocycles. The van der Waals surface area contributed by atoms with Gasteiger partial charge in [-0.15, -0.1) is 24.8 Å². The predicted octanol–water partition coefficient (Wildman–Crippen LogP) is 2.88. The van der Waals surface area contributed by atoms with E-state index in [2.05, 4.69) is 4.98 Å². The van der Waals surface area contributed by atoms with Gasteiger partial charge in [0.05, 0.1) is 11.3 Å². The van der Waals surface area contributed by atoms with E-state index < -0.39 is 0 Å². The SMILES string of the molecule is Cc1ccc(C(=O)N2CCCCC2C(C)N)c(C)n1.Cl.Cl. The van der Waals surface area contributed by atoms with Crippen LogP contribution in [0.1, 0.15) is 47.9 Å². The summed E-state index contributed by atoms with van der Waals surface area (Å²) in [6.45, 7) is 6.62. The van der Waals surface area contributed by atoms with Gasteiger partial charge in [-0.05, 0) is 52.2 Å². The highest BCUT2D eigenvalue weighted by atomic mass is 35.5. The minimum Gasteiger partial charge on any atom is -0.334 e. The van der Waals surface area contributed by atoms with Crippen LogP contribution in [0.25, 0.3) is 0 Å². The molecular formula is C15H25Cl2N3O. The first-order valence-corrected chi connectivity index (χ1v) is 7.01. The van der Waals surface area contributed by atoms with Crippen molar-refractivity contribution in [2.75, 3.05) is 6.54 Å². The summed E-state index contributed by atoms with van der Waals surface area (Å²) in [7, 11) is 0. The van der Waals surface area contributed by atoms with Gasteiger partial charge in [-0.3, -0.25) is 9.78 Å². The summed E-state index contributed by atoms with van der Waals surface area (Å²) in [5.74, 6) is 0.0759. The molecule has 1 aliphatic rings. The summed E-state index contributed by atoms with van der Waals surface area (Å²) in [5, 5.41) is 0. The molecule has 1 saturated heterocycles. The third kappa shape index (κ3) is 4.56. The maximum absolute atomic E-state index is 12.7. The van der Waals surface area contributed by atoms with Crippen molar-refractivity contribution in [3.8, 4) is 0 Å². The molecule has 6 heteroatoms. The van der Waals surface area contributed by atoms with Crippen molar-refractivity contribution in [1.82, 2.24) is 9.88 Å². The molecule has 2 atom stereocenters. The quantitative estimate of drug-likeness (QED) is 0.905. The number of nitrogens with zero attached hydrogens (tertiary/aromatic N) is 2. The standard InChI is InChI=1S/C15H23N3O.2ClH/c1-10-7-8-13(12(3)17-10)15(19)18-9-5-4-6-14(18)11(2)16;;/h7-8,11,14H,4-6,9,16H2,1-3H3;2*1H. The lowest BCUT2D eigenvalue weighted by atomic mass is 9.96. The number of hydrogen-bond acceptors (Lipinski definition) is 3. The monoisotopic (exact) mass is 333 g/mol. The summed E-state index contributed by atoms with van der Waals surface area (Å²) < 4.78 is 0. The van der Waals surface area contributed by atoms with Gasteiger partial charge in [-0.2, -0.15) is 0 Å². The highest BCUT2D eigenvalue weighted by Crippen LogP contribution is 2.22. The number of piperidine rings is 1. The van der Waals surface area contributed by atoms with Crippen molar-refractivity contribution in [3.63, 3.8) is 0 Å². The Hall–Kier alpha value is -0.840. The average Bonchev–Trinajstić information content (AvgIpc) is 2.38. The number of aromatic nitrogens is 1. The third-order valence-corrected chi connectivity index (χ3v) is 3.87. The number of halogens is 2. The number of aryl methyl sites for hydroxylation is 2. The summed E-state index contributed by atoms with van der Waals surface area (Å²) in [6.07, 6.45) is 3.22. The zero-order chi connectivity index (χ0) is 14.0. The van der Waals surface area contributed by atoms with Crippen LogP contribution >= 0.6 is 24.8 Å². The van der Waals surface area contributed by atoms with Crippen LogP contribution in [0, 0.1) is 13.8 Å². The van der Waals surface area contributed by atoms with E-state index in [0.29, 0.717) is 5.56 Å². The van der Waals surface area contributed by atoms with Gasteiger partial charge in [0.25, 0.3) is 5.91 Å². The molecule has 0 saturated carbocycles. The van der Waals surface area contributed by atoms with Gasteiger partial charge >= 0.3 is 0 Å². The molecule has 0 aliphatic carbocycles. The van der Waals surface area contributed by atoms with Crippen LogP contribution in [-0.2, 0) is 0 Å². The van der Waals surface area contributed by atoms with E-state index in [4.69, 9.17) is 5.73 Å². The van der Waals surface area contributed by atoms with Crippen LogP contribution in [0.4, 0.5) is 0 Å². The normalized spacial score (nSPS) is 19.2. The zero-order valence-corrected chi connectivity index (χ0v) is 14.5. The second-order valence-corrected chi connectivity index (χ2v) is 5.51. The topological polar surface area (TPSA) is 59.2 Å². The average molecular weight is 334 g/mol. The van der Waals surface area contributed by atoms with Crippen LogP contribution in [0.3, 0.4) is 0 Å². The molecule has 1 amide bonds. The van der Waals surface area contributed by atoms with E-state index in [0.717, 1.165) is 37.2 Å². The number of carbonyl (C=O) groups excluding carboxylic acids is 1. The fourth-order valence-corrected chi connectivity index (χ4v) is 2.82. The molecule has 21 heavy (non-hydrogen) atoms. The van der Waals surface area contributed by atoms with E-state index in [1.165, 1.54) is 0 Å². The van der Waals surface area contributed by atoms with Crippen LogP contribution in [0.2, 0.25) is 0 Å². The van der Waals surface area contributed by atoms with Gasteiger partial charge < -0.3 is 10.6 Å². The lowest BCUT2D eigenvalue weighted by Crippen LogP contribution is -2.51. The maximum Gasteiger partial charge on any atom is 0.255 e. The Kier molecular flexibility index (Phi) is 8.22. The number of amides is 1. The molecule has 2 heterocycles. The molecule has 4 nitrogen and oxygen atoms in total. The van der Waals surface area contributed by atoms with Crippen LogP contribution < -0.4 is 5.73 Å². The number of likely N-dealkylation sites (tertiary alicyclic amines) is 1. The number of hydrogen-bond donors (Lipinski definition) is 1. The molecular weight excluding hydrogens is 309 g/mol. The Balaban J connectivity index is 0.00000200. The first-order valence-electron chi connectivity index (χ1n) is 7.01. The molecule has 2 unspecified atom stereocenters. The molecule has 1 aromatic heterocycles. The van der Waals surface area contributed by atoms with Crippen molar-refractivity contribution in [1.29, 1.82) is 0 Å². The fourth-order valence-electron chi connectivity index (χ4n) is 2.82. The smallest absolute Gasteiger partial charge is 0.255 e. The predicted molar refractivity (Wildman–Crippen MR) is 90.5 cm³/mol. The summed E-state index contributed by atoms with van der Waals surface area (Å²) in [6, 6.07) is 3.95. The molecule has 1 fully saturated rings. The van der Waals surface area contributed by atoms with Crippen molar-refractivity contribution in [2.45, 2.75) is 52.1 Å². The molecule has 0 spiro atoms. The molecule has 120 valence electrons. The number of carbonyl (C=O) groups is 1. The number of pyridine rings is 1. The van der Waals surface area contributed by atoms with Crippen LogP contribution in [0.15, 0.2) is 12.1 Å². The Morgan fingerprint density at radius 2 is 2.00 bits per heavy atom. The Bertz CT molecular complexity index is 480. The van der Waals surface area contributed by atoms with Gasteiger partial charge in [0, 0.05) is 24.3 Å². The summed E-state index contributed by atoms with van der Waals surface area (Å²) in [4.78, 5) is 19.0. The highest BCUT2D eigenvalue weighted by Gasteiger charge is 2.30. The summed E-state index contributed by atoms with van der Waals surface area (Å²) in [5.41, 5.74) is 8.48. The first kappa shape index (κ1) is 20.2. The van der Waals surface area contributed by atoms with Gasteiger partial charge in [-0.1, -0.05) is 0 Å². The van der Waals surface area contributed by atoms with Crippen molar-refractivity contribution in [3.05, 3.63) is 29.1 Å². The Labute approximate surface area is 139 Å². The van der Waals surface area contributed by atoms with Gasteiger partial charge in [0.2, 0.25) is 0 Å². The molecule has 2 N–H and O–H groups in total. The Morgan fingerprint density at radius 1 is 1.33 bits per heavy atom. The third-order valence-electron chi connectivity index (χ3n) is 3.87. The van der Waals surface area contributed by atoms with Gasteiger partial charge in [0.15, 0.2) is 0 Å². The lowest BCUT2D eigenvalue weighted by molar-refractivity contribution is 0.0582. The van der Waals surface area contributed by atoms with Crippen LogP contribution in [-0.4, -0.2) is 34.4 Å². The fraction of sp³-hybridized carbons (Fsp3) is 0.600. The van der Waals surface area contributed by atoms with E-state index in [-0.39, 0.29) is 42.8 Å². The van der Waals surface area contributed by atoms with E-state index in [1.54, 1.807) is 0 Å². The first-order chi connectivity index (χ1) is 9.00. The van der Waals surface area contributed by atoms with Gasteiger partial charge in [-0.25, -0.2) is 0 Å². The lowest BCUT2D eigenvalue weighted by Gasteiger charge is -2.38. The number of rotatable bonds is 2. The minimum atomic E-state index is 0. The van der Waals surface area contributed by atoms with E-state index in [1.807, 2.05) is 37.8 Å². The van der Waals surface area contributed by atoms with Gasteiger partial charge in [0.1, 0.15) is 0 Å². The van der Waals surface area contributed by atoms with Crippen molar-refractivity contribution in [2.24, 2.45) is 5.73 Å². The van der Waals surface area contributed by atoms with E-state index in [9.17, 15) is 4.79 Å². The second-order valence-electron chi connectivity index (χ2n) is 5.51. The zero-order valence-electron chi connectivity index (χ0n) is 12.8. The Morgan fingerprint density at radius 3 is 2.57 bits per heavy atom. The van der Waals surface area contributed by atoms with Crippen LogP contribution in [0.5, 0.6) is 0 Å². The molecule has 0 radical (unpaired) electrons. The molecule has 1 aromatic rings. The molecule has 0 bridgehead atoms. The highest BCUT2D eigenvalue weighted by molar-refractivity contribution is 5.95. The molecule has 2 rings (SSSR count). The van der Waals surface area contributed by atoms with Crippen molar-refractivity contribution < 1.29 is 4.79 Å². The van der Waals surface area contributed by atoms with E-state index >= 15 is 0 Å². The number of nitrogens with two attached hydrogens (primary N) is 1. The largest absolute Gasteiger partial charge is 0.334 e.